The first-order chi connectivity index (χ1) is 20.0. The molecule has 11 nitrogen and oxygen atoms in total. The minimum absolute atomic E-state index is 0.0402. The number of rotatable bonds is 8. The Labute approximate surface area is 238 Å². The van der Waals surface area contributed by atoms with Crippen LogP contribution in [0.25, 0.3) is 11.3 Å². The fourth-order valence-corrected chi connectivity index (χ4v) is 5.97. The van der Waals surface area contributed by atoms with E-state index in [-0.39, 0.29) is 23.9 Å². The SMILES string of the molecule is COc1nc(Nc2nccc(-c3ccc(OC4CCOCC4)c(C#N)c3)n2)ccc1C(=O)N[C@H]1[C@@H]2C[C@H]1CN(C)C2. The van der Waals surface area contributed by atoms with E-state index < -0.39 is 0 Å². The first-order valence-electron chi connectivity index (χ1n) is 13.9. The zero-order valence-electron chi connectivity index (χ0n) is 23.2. The van der Waals surface area contributed by atoms with E-state index in [1.807, 2.05) is 12.1 Å². The van der Waals surface area contributed by atoms with Gasteiger partial charge in [-0.05, 0) is 61.7 Å². The molecular weight excluding hydrogens is 522 g/mol. The highest BCUT2D eigenvalue weighted by atomic mass is 16.5. The Hall–Kier alpha value is -4.27. The fraction of sp³-hybridized carbons (Fsp3) is 0.433. The highest BCUT2D eigenvalue weighted by Gasteiger charge is 2.46. The molecule has 2 bridgehead atoms. The largest absolute Gasteiger partial charge is 0.489 e. The second kappa shape index (κ2) is 11.7. The number of carbonyl (C=O) groups is 1. The molecule has 1 saturated carbocycles. The molecule has 0 spiro atoms. The van der Waals surface area contributed by atoms with Crippen molar-refractivity contribution >= 4 is 17.7 Å². The third-order valence-corrected chi connectivity index (χ3v) is 8.06. The predicted molar refractivity (Wildman–Crippen MR) is 151 cm³/mol. The molecule has 2 N–H and O–H groups in total. The summed E-state index contributed by atoms with van der Waals surface area (Å²) >= 11 is 0. The molecule has 3 fully saturated rings. The highest BCUT2D eigenvalue weighted by molar-refractivity contribution is 5.97. The molecule has 3 aromatic rings. The van der Waals surface area contributed by atoms with E-state index in [0.29, 0.717) is 59.4 Å². The number of aromatic nitrogens is 3. The van der Waals surface area contributed by atoms with E-state index in [1.165, 1.54) is 13.5 Å². The molecule has 2 saturated heterocycles. The lowest BCUT2D eigenvalue weighted by Gasteiger charge is -2.52. The van der Waals surface area contributed by atoms with Crippen LogP contribution in [0, 0.1) is 23.2 Å². The Balaban J connectivity index is 1.14. The van der Waals surface area contributed by atoms with Crippen LogP contribution in [0.2, 0.25) is 0 Å². The van der Waals surface area contributed by atoms with Gasteiger partial charge < -0.3 is 29.7 Å². The molecule has 1 aromatic carbocycles. The van der Waals surface area contributed by atoms with Crippen molar-refractivity contribution in [2.24, 2.45) is 11.8 Å². The number of likely N-dealkylation sites (tertiary alicyclic amines) is 1. The number of anilines is 2. The molecule has 3 atom stereocenters. The molecule has 41 heavy (non-hydrogen) atoms. The number of nitriles is 1. The maximum absolute atomic E-state index is 13.1. The van der Waals surface area contributed by atoms with Crippen LogP contribution in [0.1, 0.15) is 35.2 Å². The van der Waals surface area contributed by atoms with Crippen molar-refractivity contribution in [3.05, 3.63) is 53.7 Å². The van der Waals surface area contributed by atoms with Gasteiger partial charge >= 0.3 is 0 Å². The summed E-state index contributed by atoms with van der Waals surface area (Å²) in [7, 11) is 3.62. The lowest BCUT2D eigenvalue weighted by molar-refractivity contribution is -0.000622. The van der Waals surface area contributed by atoms with Crippen LogP contribution in [0.3, 0.4) is 0 Å². The molecule has 212 valence electrons. The third-order valence-electron chi connectivity index (χ3n) is 8.06. The minimum atomic E-state index is -0.180. The van der Waals surface area contributed by atoms with Gasteiger partial charge in [-0.2, -0.15) is 10.2 Å². The smallest absolute Gasteiger partial charge is 0.257 e. The van der Waals surface area contributed by atoms with Crippen molar-refractivity contribution in [2.45, 2.75) is 31.4 Å². The summed E-state index contributed by atoms with van der Waals surface area (Å²) in [5.41, 5.74) is 2.23. The van der Waals surface area contributed by atoms with Crippen LogP contribution < -0.4 is 20.1 Å². The summed E-state index contributed by atoms with van der Waals surface area (Å²) in [6.45, 7) is 3.34. The van der Waals surface area contributed by atoms with Crippen molar-refractivity contribution in [3.63, 3.8) is 0 Å². The number of nitrogens with one attached hydrogen (secondary N) is 2. The van der Waals surface area contributed by atoms with Gasteiger partial charge in [0.2, 0.25) is 11.8 Å². The van der Waals surface area contributed by atoms with Gasteiger partial charge in [-0.1, -0.05) is 0 Å². The molecule has 3 aliphatic rings. The molecule has 1 aliphatic carbocycles. The summed E-state index contributed by atoms with van der Waals surface area (Å²) in [6.07, 6.45) is 4.45. The third kappa shape index (κ3) is 5.80. The minimum Gasteiger partial charge on any atom is -0.489 e. The number of methoxy groups -OCH3 is 1. The summed E-state index contributed by atoms with van der Waals surface area (Å²) in [4.78, 5) is 28.8. The van der Waals surface area contributed by atoms with Gasteiger partial charge in [0.25, 0.3) is 5.91 Å². The molecular formula is C30H33N7O4. The van der Waals surface area contributed by atoms with Crippen LogP contribution in [-0.2, 0) is 4.74 Å². The van der Waals surface area contributed by atoms with Crippen LogP contribution >= 0.6 is 0 Å². The van der Waals surface area contributed by atoms with E-state index in [1.54, 1.807) is 30.5 Å². The molecule has 11 heteroatoms. The maximum atomic E-state index is 13.1. The topological polar surface area (TPSA) is 135 Å². The molecule has 0 radical (unpaired) electrons. The van der Waals surface area contributed by atoms with Crippen LogP contribution in [0.15, 0.2) is 42.6 Å². The number of piperidine rings is 2. The number of ether oxygens (including phenoxy) is 3. The molecule has 2 aromatic heterocycles. The van der Waals surface area contributed by atoms with Crippen LogP contribution in [-0.4, -0.2) is 78.4 Å². The number of pyridine rings is 1. The molecule has 0 unspecified atom stereocenters. The number of hydrogen-bond acceptors (Lipinski definition) is 10. The van der Waals surface area contributed by atoms with E-state index in [4.69, 9.17) is 14.2 Å². The second-order valence-electron chi connectivity index (χ2n) is 10.9. The molecule has 4 heterocycles. The fourth-order valence-electron chi connectivity index (χ4n) is 5.97. The van der Waals surface area contributed by atoms with Crippen molar-refractivity contribution in [1.29, 1.82) is 5.26 Å². The quantitative estimate of drug-likeness (QED) is 0.426. The summed E-state index contributed by atoms with van der Waals surface area (Å²) < 4.78 is 16.9. The van der Waals surface area contributed by atoms with Crippen LogP contribution in [0.4, 0.5) is 11.8 Å². The summed E-state index contributed by atoms with van der Waals surface area (Å²) in [5.74, 6) is 2.35. The average Bonchev–Trinajstić information content (AvgIpc) is 3.00. The first-order valence-corrected chi connectivity index (χ1v) is 13.9. The maximum Gasteiger partial charge on any atom is 0.257 e. The lowest BCUT2D eigenvalue weighted by Crippen LogP contribution is -2.63. The normalized spacial score (nSPS) is 22.2. The second-order valence-corrected chi connectivity index (χ2v) is 10.9. The molecule has 1 amide bonds. The monoisotopic (exact) mass is 555 g/mol. The highest BCUT2D eigenvalue weighted by Crippen LogP contribution is 2.39. The number of hydrogen-bond donors (Lipinski definition) is 2. The number of amides is 1. The number of fused-ring (bicyclic) bond motifs is 2. The standard InChI is InChI=1S/C30H33N7O4/c1-37-16-20-14-21(17-37)27(20)36-28(38)23-4-6-26(34-29(23)39-2)35-30-32-10-7-24(33-30)18-3-5-25(19(13-18)15-31)41-22-8-11-40-12-9-22/h3-7,10,13,20-22,27H,8-9,11-12,14,16-17H2,1-2H3,(H,36,38)(H,32,33,34,35)/t20-,21+,27+. The first kappa shape index (κ1) is 26.9. The van der Waals surface area contributed by atoms with E-state index in [0.717, 1.165) is 31.5 Å². The van der Waals surface area contributed by atoms with Gasteiger partial charge in [-0.3, -0.25) is 4.79 Å². The molecule has 2 aliphatic heterocycles. The van der Waals surface area contributed by atoms with Crippen molar-refractivity contribution in [3.8, 4) is 29.0 Å². The van der Waals surface area contributed by atoms with Crippen molar-refractivity contribution < 1.29 is 19.0 Å². The van der Waals surface area contributed by atoms with E-state index in [9.17, 15) is 10.1 Å². The Morgan fingerprint density at radius 1 is 1.12 bits per heavy atom. The van der Waals surface area contributed by atoms with Gasteiger partial charge in [0.05, 0.1) is 31.6 Å². The van der Waals surface area contributed by atoms with Gasteiger partial charge in [0.15, 0.2) is 0 Å². The van der Waals surface area contributed by atoms with Gasteiger partial charge in [-0.25, -0.2) is 9.97 Å². The van der Waals surface area contributed by atoms with Crippen molar-refractivity contribution in [2.75, 3.05) is 45.8 Å². The van der Waals surface area contributed by atoms with Gasteiger partial charge in [0.1, 0.15) is 29.3 Å². The van der Waals surface area contributed by atoms with Gasteiger partial charge in [0, 0.05) is 43.7 Å². The van der Waals surface area contributed by atoms with E-state index >= 15 is 0 Å². The van der Waals surface area contributed by atoms with Crippen molar-refractivity contribution in [1.82, 2.24) is 25.2 Å². The van der Waals surface area contributed by atoms with Crippen LogP contribution in [0.5, 0.6) is 11.6 Å². The lowest BCUT2D eigenvalue weighted by atomic mass is 9.66. The summed E-state index contributed by atoms with van der Waals surface area (Å²) in [6, 6.07) is 13.1. The number of nitrogens with zero attached hydrogens (tertiary/aromatic N) is 5. The average molecular weight is 556 g/mol. The zero-order chi connectivity index (χ0) is 28.3. The number of benzene rings is 1. The van der Waals surface area contributed by atoms with E-state index in [2.05, 4.69) is 43.6 Å². The predicted octanol–water partition coefficient (Wildman–Crippen LogP) is 3.40. The summed E-state index contributed by atoms with van der Waals surface area (Å²) in [5, 5.41) is 16.0. The molecule has 6 rings (SSSR count). The zero-order valence-corrected chi connectivity index (χ0v) is 23.2. The Morgan fingerprint density at radius 3 is 2.68 bits per heavy atom. The Morgan fingerprint density at radius 2 is 1.93 bits per heavy atom. The van der Waals surface area contributed by atoms with Gasteiger partial charge in [-0.15, -0.1) is 0 Å². The number of carbonyl (C=O) groups excluding carboxylic acids is 1. The Kier molecular flexibility index (Phi) is 7.67. The Bertz CT molecular complexity index is 1460.